The third kappa shape index (κ3) is 4.64. The maximum Gasteiger partial charge on any atom is 0.0991 e. The summed E-state index contributed by atoms with van der Waals surface area (Å²) in [6.07, 6.45) is 3.40. The van der Waals surface area contributed by atoms with Crippen LogP contribution in [0, 0.1) is 11.3 Å². The van der Waals surface area contributed by atoms with Gasteiger partial charge in [-0.1, -0.05) is 0 Å². The summed E-state index contributed by atoms with van der Waals surface area (Å²) in [5.41, 5.74) is 9.02. The average Bonchev–Trinajstić information content (AvgIpc) is 3.20. The van der Waals surface area contributed by atoms with Crippen LogP contribution in [0.15, 0.2) is 41.1 Å². The van der Waals surface area contributed by atoms with E-state index >= 15 is 0 Å². The van der Waals surface area contributed by atoms with Gasteiger partial charge in [0.15, 0.2) is 0 Å². The average molecular weight is 369 g/mol. The number of nitriles is 1. The van der Waals surface area contributed by atoms with Crippen molar-refractivity contribution in [2.75, 3.05) is 24.5 Å². The topological polar surface area (TPSA) is 56.3 Å². The summed E-state index contributed by atoms with van der Waals surface area (Å²) < 4.78 is 0. The third-order valence-corrected chi connectivity index (χ3v) is 6.14. The van der Waals surface area contributed by atoms with E-state index in [1.165, 1.54) is 24.1 Å². The van der Waals surface area contributed by atoms with E-state index < -0.39 is 0 Å². The molecule has 1 aliphatic heterocycles. The Morgan fingerprint density at radius 1 is 1.27 bits per heavy atom. The summed E-state index contributed by atoms with van der Waals surface area (Å²) in [6, 6.07) is 13.6. The number of nitrogens with two attached hydrogens (primary N) is 1. The van der Waals surface area contributed by atoms with Gasteiger partial charge in [-0.15, -0.1) is 0 Å². The maximum absolute atomic E-state index is 9.07. The SMILES string of the molecule is CC(CCN)N1CCC(N(Cc2ccsc2)c2ccc(C#N)cc2)CC1. The zero-order valence-electron chi connectivity index (χ0n) is 15.5. The molecule has 1 fully saturated rings. The lowest BCUT2D eigenvalue weighted by Gasteiger charge is -2.41. The molecule has 4 nitrogen and oxygen atoms in total. The molecule has 2 heterocycles. The molecule has 138 valence electrons. The van der Waals surface area contributed by atoms with E-state index in [-0.39, 0.29) is 0 Å². The number of hydrogen-bond donors (Lipinski definition) is 1. The van der Waals surface area contributed by atoms with Crippen LogP contribution in [-0.2, 0) is 6.54 Å². The van der Waals surface area contributed by atoms with Crippen LogP contribution in [0.5, 0.6) is 0 Å². The van der Waals surface area contributed by atoms with Crippen LogP contribution in [0.3, 0.4) is 0 Å². The van der Waals surface area contributed by atoms with E-state index in [1.54, 1.807) is 11.3 Å². The summed E-state index contributed by atoms with van der Waals surface area (Å²) in [5, 5.41) is 13.4. The molecular weight excluding hydrogens is 340 g/mol. The van der Waals surface area contributed by atoms with E-state index in [4.69, 9.17) is 11.0 Å². The Labute approximate surface area is 160 Å². The lowest BCUT2D eigenvalue weighted by Crippen LogP contribution is -2.47. The molecule has 2 N–H and O–H groups in total. The Morgan fingerprint density at radius 3 is 2.58 bits per heavy atom. The summed E-state index contributed by atoms with van der Waals surface area (Å²) >= 11 is 1.75. The lowest BCUT2D eigenvalue weighted by atomic mass is 9.99. The van der Waals surface area contributed by atoms with Gasteiger partial charge in [-0.3, -0.25) is 0 Å². The standard InChI is InChI=1S/C21H28N4S/c1-17(6-10-22)24-11-7-21(8-12-24)25(15-19-9-13-26-16-19)20-4-2-18(14-23)3-5-20/h2-5,9,13,16-17,21H,6-8,10-12,15,22H2,1H3. The summed E-state index contributed by atoms with van der Waals surface area (Å²) in [4.78, 5) is 5.10. The van der Waals surface area contributed by atoms with Gasteiger partial charge in [0, 0.05) is 37.4 Å². The molecule has 5 heteroatoms. The summed E-state index contributed by atoms with van der Waals surface area (Å²) in [7, 11) is 0. The zero-order chi connectivity index (χ0) is 18.4. The van der Waals surface area contributed by atoms with Gasteiger partial charge in [0.25, 0.3) is 0 Å². The first-order valence-electron chi connectivity index (χ1n) is 9.43. The number of anilines is 1. The van der Waals surface area contributed by atoms with Crippen molar-refractivity contribution in [3.8, 4) is 6.07 Å². The summed E-state index contributed by atoms with van der Waals surface area (Å²) in [5.74, 6) is 0. The molecule has 0 aliphatic carbocycles. The molecule has 0 spiro atoms. The second kappa shape index (κ2) is 9.18. The number of likely N-dealkylation sites (tertiary alicyclic amines) is 1. The minimum Gasteiger partial charge on any atom is -0.364 e. The highest BCUT2D eigenvalue weighted by Gasteiger charge is 2.27. The van der Waals surface area contributed by atoms with Gasteiger partial charge in [-0.2, -0.15) is 16.6 Å². The van der Waals surface area contributed by atoms with Gasteiger partial charge in [0.2, 0.25) is 0 Å². The normalized spacial score (nSPS) is 17.0. The molecule has 0 radical (unpaired) electrons. The fourth-order valence-electron chi connectivity index (χ4n) is 3.80. The van der Waals surface area contributed by atoms with Crippen LogP contribution in [0.25, 0.3) is 0 Å². The smallest absolute Gasteiger partial charge is 0.0991 e. The van der Waals surface area contributed by atoms with E-state index in [0.29, 0.717) is 12.1 Å². The van der Waals surface area contributed by atoms with Crippen LogP contribution in [-0.4, -0.2) is 36.6 Å². The molecule has 26 heavy (non-hydrogen) atoms. The Morgan fingerprint density at radius 2 is 2.00 bits per heavy atom. The maximum atomic E-state index is 9.07. The number of piperidine rings is 1. The molecule has 1 aromatic heterocycles. The van der Waals surface area contributed by atoms with Gasteiger partial charge in [-0.05, 0) is 79.4 Å². The molecule has 0 bridgehead atoms. The van der Waals surface area contributed by atoms with Crippen LogP contribution in [0.4, 0.5) is 5.69 Å². The first kappa shape index (κ1) is 18.9. The number of rotatable bonds is 7. The Hall–Kier alpha value is -1.87. The van der Waals surface area contributed by atoms with Crippen molar-refractivity contribution in [2.45, 2.75) is 44.8 Å². The molecule has 1 saturated heterocycles. The first-order valence-corrected chi connectivity index (χ1v) is 10.4. The van der Waals surface area contributed by atoms with E-state index in [0.717, 1.165) is 38.2 Å². The third-order valence-electron chi connectivity index (χ3n) is 5.41. The second-order valence-corrected chi connectivity index (χ2v) is 7.89. The number of nitrogens with zero attached hydrogens (tertiary/aromatic N) is 3. The number of thiophene rings is 1. The van der Waals surface area contributed by atoms with Crippen LogP contribution < -0.4 is 10.6 Å². The van der Waals surface area contributed by atoms with E-state index in [9.17, 15) is 0 Å². The van der Waals surface area contributed by atoms with Crippen LogP contribution in [0.2, 0.25) is 0 Å². The Bertz CT molecular complexity index is 697. The molecular formula is C21H28N4S. The molecule has 1 atom stereocenters. The van der Waals surface area contributed by atoms with Crippen molar-refractivity contribution in [1.29, 1.82) is 5.26 Å². The predicted molar refractivity (Wildman–Crippen MR) is 109 cm³/mol. The summed E-state index contributed by atoms with van der Waals surface area (Å²) in [6.45, 7) is 6.23. The minimum absolute atomic E-state index is 0.532. The van der Waals surface area contributed by atoms with Crippen molar-refractivity contribution in [1.82, 2.24) is 4.90 Å². The highest BCUT2D eigenvalue weighted by atomic mass is 32.1. The fourth-order valence-corrected chi connectivity index (χ4v) is 4.46. The number of benzene rings is 1. The Kier molecular flexibility index (Phi) is 6.67. The fraction of sp³-hybridized carbons (Fsp3) is 0.476. The second-order valence-electron chi connectivity index (χ2n) is 7.11. The van der Waals surface area contributed by atoms with Crippen molar-refractivity contribution in [2.24, 2.45) is 5.73 Å². The van der Waals surface area contributed by atoms with Gasteiger partial charge in [-0.25, -0.2) is 0 Å². The van der Waals surface area contributed by atoms with Gasteiger partial charge in [0.1, 0.15) is 0 Å². The molecule has 1 aromatic carbocycles. The largest absolute Gasteiger partial charge is 0.364 e. The predicted octanol–water partition coefficient (Wildman–Crippen LogP) is 3.83. The van der Waals surface area contributed by atoms with Gasteiger partial charge in [0.05, 0.1) is 11.6 Å². The monoisotopic (exact) mass is 368 g/mol. The van der Waals surface area contributed by atoms with E-state index in [1.807, 2.05) is 12.1 Å². The molecule has 1 unspecified atom stereocenters. The van der Waals surface area contributed by atoms with Crippen molar-refractivity contribution < 1.29 is 0 Å². The number of hydrogen-bond acceptors (Lipinski definition) is 5. The first-order chi connectivity index (χ1) is 12.7. The molecule has 1 aliphatic rings. The van der Waals surface area contributed by atoms with Crippen molar-refractivity contribution >= 4 is 17.0 Å². The van der Waals surface area contributed by atoms with Crippen molar-refractivity contribution in [3.05, 3.63) is 52.2 Å². The minimum atomic E-state index is 0.532. The highest BCUT2D eigenvalue weighted by Crippen LogP contribution is 2.27. The quantitative estimate of drug-likeness (QED) is 0.807. The van der Waals surface area contributed by atoms with Gasteiger partial charge < -0.3 is 15.5 Å². The van der Waals surface area contributed by atoms with Crippen LogP contribution >= 0.6 is 11.3 Å². The molecule has 0 amide bonds. The van der Waals surface area contributed by atoms with Crippen molar-refractivity contribution in [3.63, 3.8) is 0 Å². The zero-order valence-corrected chi connectivity index (χ0v) is 16.3. The highest BCUT2D eigenvalue weighted by molar-refractivity contribution is 7.07. The molecule has 2 aromatic rings. The van der Waals surface area contributed by atoms with Gasteiger partial charge >= 0.3 is 0 Å². The lowest BCUT2D eigenvalue weighted by molar-refractivity contribution is 0.154. The molecule has 0 saturated carbocycles. The van der Waals surface area contributed by atoms with E-state index in [2.05, 4.69) is 51.8 Å². The van der Waals surface area contributed by atoms with Crippen LogP contribution in [0.1, 0.15) is 37.3 Å². The Balaban J connectivity index is 1.72. The molecule has 3 rings (SSSR count).